The Morgan fingerprint density at radius 3 is 2.85 bits per heavy atom. The lowest BCUT2D eigenvalue weighted by Gasteiger charge is -2.11. The fourth-order valence-electron chi connectivity index (χ4n) is 2.52. The molecule has 0 spiro atoms. The minimum Gasteiger partial charge on any atom is -0.382 e. The van der Waals surface area contributed by atoms with E-state index in [0.29, 0.717) is 23.3 Å². The van der Waals surface area contributed by atoms with Crippen LogP contribution in [0.25, 0.3) is 0 Å². The molecule has 26 heavy (non-hydrogen) atoms. The predicted octanol–water partition coefficient (Wildman–Crippen LogP) is 4.05. The number of ether oxygens (including phenoxy) is 1. The fourth-order valence-corrected chi connectivity index (χ4v) is 2.95. The summed E-state index contributed by atoms with van der Waals surface area (Å²) in [6.45, 7) is 8.47. The van der Waals surface area contributed by atoms with Crippen LogP contribution in [0.5, 0.6) is 0 Å². The molecular weight excluding hydrogens is 375 g/mol. The third-order valence-corrected chi connectivity index (χ3v) is 4.51. The first-order chi connectivity index (χ1) is 12.4. The van der Waals surface area contributed by atoms with Gasteiger partial charge in [-0.25, -0.2) is 4.39 Å². The molecule has 2 rings (SSSR count). The van der Waals surface area contributed by atoms with Crippen LogP contribution in [0.3, 0.4) is 0 Å². The molecule has 1 aromatic carbocycles. The maximum Gasteiger partial charge on any atom is 0.170 e. The van der Waals surface area contributed by atoms with Gasteiger partial charge >= 0.3 is 0 Å². The summed E-state index contributed by atoms with van der Waals surface area (Å²) >= 11 is 11.5. The Morgan fingerprint density at radius 1 is 1.38 bits per heavy atom. The quantitative estimate of drug-likeness (QED) is 0.519. The number of thiocarbonyl (C=S) groups is 1. The summed E-state index contributed by atoms with van der Waals surface area (Å²) in [7, 11) is 0. The minimum absolute atomic E-state index is 0.352. The van der Waals surface area contributed by atoms with Crippen LogP contribution in [0.2, 0.25) is 5.02 Å². The molecule has 2 N–H and O–H groups in total. The zero-order valence-corrected chi connectivity index (χ0v) is 16.8. The second-order valence-electron chi connectivity index (χ2n) is 5.87. The average Bonchev–Trinajstić information content (AvgIpc) is 2.85. The zero-order chi connectivity index (χ0) is 19.1. The number of hydrogen-bond donors (Lipinski definition) is 2. The van der Waals surface area contributed by atoms with E-state index in [1.165, 1.54) is 12.1 Å². The number of rotatable bonds is 8. The van der Waals surface area contributed by atoms with Crippen LogP contribution < -0.4 is 10.6 Å². The average molecular weight is 399 g/mol. The van der Waals surface area contributed by atoms with Crippen LogP contribution >= 0.6 is 23.8 Å². The maximum absolute atomic E-state index is 13.2. The SMILES string of the molecule is CCOCCCNC(=S)Nc1c(C)nn(Cc2ccc(F)cc2Cl)c1C. The van der Waals surface area contributed by atoms with E-state index >= 15 is 0 Å². The van der Waals surface area contributed by atoms with Crippen molar-refractivity contribution in [2.24, 2.45) is 0 Å². The van der Waals surface area contributed by atoms with Crippen molar-refractivity contribution in [1.29, 1.82) is 0 Å². The molecular formula is C18H24ClFN4OS. The third kappa shape index (κ3) is 5.65. The van der Waals surface area contributed by atoms with Gasteiger partial charge in [-0.2, -0.15) is 5.10 Å². The highest BCUT2D eigenvalue weighted by Crippen LogP contribution is 2.23. The first-order valence-electron chi connectivity index (χ1n) is 8.53. The summed E-state index contributed by atoms with van der Waals surface area (Å²) in [4.78, 5) is 0. The summed E-state index contributed by atoms with van der Waals surface area (Å²) in [6.07, 6.45) is 0.885. The molecule has 2 aromatic rings. The Kier molecular flexibility index (Phi) is 7.81. The third-order valence-electron chi connectivity index (χ3n) is 3.91. The molecule has 0 aliphatic rings. The molecule has 0 radical (unpaired) electrons. The molecule has 0 amide bonds. The molecule has 0 unspecified atom stereocenters. The van der Waals surface area contributed by atoms with E-state index in [2.05, 4.69) is 15.7 Å². The Hall–Kier alpha value is -1.70. The molecule has 5 nitrogen and oxygen atoms in total. The van der Waals surface area contributed by atoms with Crippen LogP contribution in [-0.2, 0) is 11.3 Å². The Morgan fingerprint density at radius 2 is 2.15 bits per heavy atom. The Bertz CT molecular complexity index is 766. The van der Waals surface area contributed by atoms with Gasteiger partial charge in [-0.1, -0.05) is 17.7 Å². The highest BCUT2D eigenvalue weighted by atomic mass is 35.5. The Labute approximate surface area is 163 Å². The van der Waals surface area contributed by atoms with Crippen LogP contribution in [0.1, 0.15) is 30.3 Å². The molecule has 0 saturated heterocycles. The summed E-state index contributed by atoms with van der Waals surface area (Å²) in [5, 5.41) is 11.8. The van der Waals surface area contributed by atoms with Crippen molar-refractivity contribution in [3.05, 3.63) is 46.0 Å². The fraction of sp³-hybridized carbons (Fsp3) is 0.444. The second-order valence-corrected chi connectivity index (χ2v) is 6.69. The molecule has 0 fully saturated rings. The molecule has 0 aliphatic carbocycles. The molecule has 1 aromatic heterocycles. The first kappa shape index (κ1) is 20.6. The normalized spacial score (nSPS) is 10.8. The van der Waals surface area contributed by atoms with Crippen molar-refractivity contribution < 1.29 is 9.13 Å². The topological polar surface area (TPSA) is 51.1 Å². The number of nitrogens with zero attached hydrogens (tertiary/aromatic N) is 2. The van der Waals surface area contributed by atoms with E-state index in [9.17, 15) is 4.39 Å². The van der Waals surface area contributed by atoms with Crippen molar-refractivity contribution >= 4 is 34.6 Å². The summed E-state index contributed by atoms with van der Waals surface area (Å²) in [6, 6.07) is 4.38. The van der Waals surface area contributed by atoms with Crippen molar-refractivity contribution in [2.75, 3.05) is 25.1 Å². The van der Waals surface area contributed by atoms with E-state index in [1.54, 1.807) is 6.07 Å². The molecule has 8 heteroatoms. The molecule has 0 aliphatic heterocycles. The van der Waals surface area contributed by atoms with Crippen LogP contribution in [0, 0.1) is 19.7 Å². The number of nitrogens with one attached hydrogen (secondary N) is 2. The van der Waals surface area contributed by atoms with E-state index in [0.717, 1.165) is 42.2 Å². The zero-order valence-electron chi connectivity index (χ0n) is 15.2. The predicted molar refractivity (Wildman–Crippen MR) is 108 cm³/mol. The van der Waals surface area contributed by atoms with Gasteiger partial charge in [-0.3, -0.25) is 4.68 Å². The van der Waals surface area contributed by atoms with Crippen molar-refractivity contribution in [3.63, 3.8) is 0 Å². The molecule has 0 bridgehead atoms. The molecule has 0 saturated carbocycles. The monoisotopic (exact) mass is 398 g/mol. The van der Waals surface area contributed by atoms with Gasteiger partial charge in [0.2, 0.25) is 0 Å². The van der Waals surface area contributed by atoms with Gasteiger partial charge in [0.15, 0.2) is 5.11 Å². The standard InChI is InChI=1S/C18H24ClFN4OS/c1-4-25-9-5-8-21-18(26)22-17-12(2)23-24(13(17)3)11-14-6-7-15(20)10-16(14)19/h6-7,10H,4-5,8-9,11H2,1-3H3,(H2,21,22,26). The van der Waals surface area contributed by atoms with Gasteiger partial charge in [-0.05, 0) is 57.1 Å². The van der Waals surface area contributed by atoms with Gasteiger partial charge in [0, 0.05) is 24.8 Å². The Balaban J connectivity index is 1.99. The number of aromatic nitrogens is 2. The lowest BCUT2D eigenvalue weighted by molar-refractivity contribution is 0.146. The maximum atomic E-state index is 13.2. The number of halogens is 2. The summed E-state index contributed by atoms with van der Waals surface area (Å²) < 4.78 is 20.3. The van der Waals surface area contributed by atoms with Gasteiger partial charge in [0.05, 0.1) is 23.6 Å². The van der Waals surface area contributed by atoms with Crippen molar-refractivity contribution in [3.8, 4) is 0 Å². The smallest absolute Gasteiger partial charge is 0.170 e. The lowest BCUT2D eigenvalue weighted by Crippen LogP contribution is -2.30. The van der Waals surface area contributed by atoms with Crippen LogP contribution in [-0.4, -0.2) is 34.7 Å². The van der Waals surface area contributed by atoms with E-state index in [1.807, 2.05) is 25.5 Å². The highest BCUT2D eigenvalue weighted by Gasteiger charge is 2.14. The van der Waals surface area contributed by atoms with E-state index < -0.39 is 0 Å². The number of aryl methyl sites for hydroxylation is 1. The molecule has 0 atom stereocenters. The van der Waals surface area contributed by atoms with Crippen LogP contribution in [0.4, 0.5) is 10.1 Å². The second kappa shape index (κ2) is 9.85. The van der Waals surface area contributed by atoms with Gasteiger partial charge in [0.1, 0.15) is 5.82 Å². The number of hydrogen-bond acceptors (Lipinski definition) is 3. The number of anilines is 1. The van der Waals surface area contributed by atoms with E-state index in [4.69, 9.17) is 28.6 Å². The van der Waals surface area contributed by atoms with Gasteiger partial charge in [-0.15, -0.1) is 0 Å². The van der Waals surface area contributed by atoms with E-state index in [-0.39, 0.29) is 5.82 Å². The van der Waals surface area contributed by atoms with Gasteiger partial charge < -0.3 is 15.4 Å². The first-order valence-corrected chi connectivity index (χ1v) is 9.31. The molecule has 142 valence electrons. The minimum atomic E-state index is -0.352. The number of benzene rings is 1. The lowest BCUT2D eigenvalue weighted by atomic mass is 10.2. The van der Waals surface area contributed by atoms with Crippen LogP contribution in [0.15, 0.2) is 18.2 Å². The van der Waals surface area contributed by atoms with Gasteiger partial charge in [0.25, 0.3) is 0 Å². The molecule has 1 heterocycles. The summed E-state index contributed by atoms with van der Waals surface area (Å²) in [5.74, 6) is -0.352. The summed E-state index contributed by atoms with van der Waals surface area (Å²) in [5.41, 5.74) is 3.44. The highest BCUT2D eigenvalue weighted by molar-refractivity contribution is 7.80. The van der Waals surface area contributed by atoms with Crippen molar-refractivity contribution in [1.82, 2.24) is 15.1 Å². The largest absolute Gasteiger partial charge is 0.382 e. The van der Waals surface area contributed by atoms with Crippen molar-refractivity contribution in [2.45, 2.75) is 33.7 Å².